The lowest BCUT2D eigenvalue weighted by atomic mass is 10.1. The van der Waals surface area contributed by atoms with Crippen LogP contribution in [0.1, 0.15) is 23.1 Å². The summed E-state index contributed by atoms with van der Waals surface area (Å²) in [5, 5.41) is 7.77. The van der Waals surface area contributed by atoms with Gasteiger partial charge in [-0.25, -0.2) is 4.98 Å². The maximum atomic E-state index is 13.1. The Bertz CT molecular complexity index is 1020. The van der Waals surface area contributed by atoms with Gasteiger partial charge in [-0.2, -0.15) is 10.1 Å². The standard InChI is InChI=1S/C22H27N7O/c1-4-23-20-14-16(2)24-22(25-20)29-12-10-28(11-13-29)21(30)19-15-18(26-27(19)3)17-8-6-5-7-9-17/h5-9,14-15H,4,10-13H2,1-3H3,(H,23,24,25). The third-order valence-electron chi connectivity index (χ3n) is 5.22. The van der Waals surface area contributed by atoms with Crippen molar-refractivity contribution in [3.8, 4) is 11.3 Å². The van der Waals surface area contributed by atoms with Gasteiger partial charge in [0.15, 0.2) is 0 Å². The molecule has 1 saturated heterocycles. The van der Waals surface area contributed by atoms with Gasteiger partial charge in [-0.1, -0.05) is 30.3 Å². The molecule has 1 amide bonds. The number of nitrogens with one attached hydrogen (secondary N) is 1. The van der Waals surface area contributed by atoms with E-state index in [4.69, 9.17) is 0 Å². The van der Waals surface area contributed by atoms with Gasteiger partial charge in [-0.15, -0.1) is 0 Å². The normalized spacial score (nSPS) is 14.1. The lowest BCUT2D eigenvalue weighted by Crippen LogP contribution is -2.49. The number of nitrogens with zero attached hydrogens (tertiary/aromatic N) is 6. The fraction of sp³-hybridized carbons (Fsp3) is 0.364. The van der Waals surface area contributed by atoms with Crippen LogP contribution in [0.15, 0.2) is 42.5 Å². The largest absolute Gasteiger partial charge is 0.370 e. The first-order chi connectivity index (χ1) is 14.5. The number of anilines is 2. The summed E-state index contributed by atoms with van der Waals surface area (Å²) in [6.07, 6.45) is 0. The number of piperazine rings is 1. The molecule has 2 aromatic heterocycles. The summed E-state index contributed by atoms with van der Waals surface area (Å²) >= 11 is 0. The second kappa shape index (κ2) is 8.52. The van der Waals surface area contributed by atoms with Gasteiger partial charge >= 0.3 is 0 Å². The summed E-state index contributed by atoms with van der Waals surface area (Å²) in [7, 11) is 1.82. The highest BCUT2D eigenvalue weighted by atomic mass is 16.2. The fourth-order valence-corrected chi connectivity index (χ4v) is 3.65. The maximum absolute atomic E-state index is 13.1. The molecule has 1 aliphatic heterocycles. The Morgan fingerprint density at radius 2 is 1.80 bits per heavy atom. The van der Waals surface area contributed by atoms with E-state index < -0.39 is 0 Å². The topological polar surface area (TPSA) is 79.2 Å². The highest BCUT2D eigenvalue weighted by Crippen LogP contribution is 2.21. The first-order valence-corrected chi connectivity index (χ1v) is 10.3. The predicted octanol–water partition coefficient (Wildman–Crippen LogP) is 2.58. The zero-order chi connectivity index (χ0) is 21.1. The Morgan fingerprint density at radius 3 is 2.50 bits per heavy atom. The Hall–Kier alpha value is -3.42. The van der Waals surface area contributed by atoms with Crippen LogP contribution < -0.4 is 10.2 Å². The molecule has 3 aromatic rings. The van der Waals surface area contributed by atoms with Crippen molar-refractivity contribution < 1.29 is 4.79 Å². The van der Waals surface area contributed by atoms with Crippen LogP contribution in [0, 0.1) is 6.92 Å². The zero-order valence-corrected chi connectivity index (χ0v) is 17.7. The van der Waals surface area contributed by atoms with E-state index in [2.05, 4.69) is 25.3 Å². The van der Waals surface area contributed by atoms with E-state index in [0.29, 0.717) is 37.8 Å². The van der Waals surface area contributed by atoms with E-state index in [1.807, 2.05) is 68.3 Å². The summed E-state index contributed by atoms with van der Waals surface area (Å²) < 4.78 is 1.67. The van der Waals surface area contributed by atoms with Crippen LogP contribution in [0.4, 0.5) is 11.8 Å². The summed E-state index contributed by atoms with van der Waals surface area (Å²) in [5.41, 5.74) is 3.34. The smallest absolute Gasteiger partial charge is 0.272 e. The van der Waals surface area contributed by atoms with Crippen LogP contribution in [-0.2, 0) is 7.05 Å². The molecule has 4 rings (SSSR count). The first kappa shape index (κ1) is 19.9. The molecular weight excluding hydrogens is 378 g/mol. The van der Waals surface area contributed by atoms with Crippen molar-refractivity contribution >= 4 is 17.7 Å². The summed E-state index contributed by atoms with van der Waals surface area (Å²) in [6.45, 7) is 7.47. The number of hydrogen-bond donors (Lipinski definition) is 1. The van der Waals surface area contributed by atoms with Gasteiger partial charge in [0.25, 0.3) is 5.91 Å². The highest BCUT2D eigenvalue weighted by molar-refractivity contribution is 5.94. The van der Waals surface area contributed by atoms with Gasteiger partial charge in [0.2, 0.25) is 5.95 Å². The van der Waals surface area contributed by atoms with Gasteiger partial charge in [-0.05, 0) is 19.9 Å². The molecule has 1 aliphatic rings. The SMILES string of the molecule is CCNc1cc(C)nc(N2CCN(C(=O)c3cc(-c4ccccc4)nn3C)CC2)n1. The zero-order valence-electron chi connectivity index (χ0n) is 17.7. The number of amides is 1. The summed E-state index contributed by atoms with van der Waals surface area (Å²) in [6, 6.07) is 13.7. The summed E-state index contributed by atoms with van der Waals surface area (Å²) in [5.74, 6) is 1.55. The van der Waals surface area contributed by atoms with Crippen molar-refractivity contribution in [2.45, 2.75) is 13.8 Å². The third kappa shape index (κ3) is 4.12. The van der Waals surface area contributed by atoms with E-state index in [9.17, 15) is 4.79 Å². The fourth-order valence-electron chi connectivity index (χ4n) is 3.65. The molecule has 0 unspecified atom stereocenters. The number of benzene rings is 1. The molecule has 30 heavy (non-hydrogen) atoms. The van der Waals surface area contributed by atoms with E-state index >= 15 is 0 Å². The van der Waals surface area contributed by atoms with E-state index in [1.165, 1.54) is 0 Å². The Kier molecular flexibility index (Phi) is 5.65. The molecule has 1 fully saturated rings. The molecule has 3 heterocycles. The number of aromatic nitrogens is 4. The Balaban J connectivity index is 1.45. The second-order valence-corrected chi connectivity index (χ2v) is 7.41. The van der Waals surface area contributed by atoms with Gasteiger partial charge in [0.05, 0.1) is 5.69 Å². The number of rotatable bonds is 5. The van der Waals surface area contributed by atoms with Crippen LogP contribution in [-0.4, -0.2) is 63.3 Å². The van der Waals surface area contributed by atoms with E-state index in [-0.39, 0.29) is 5.91 Å². The average Bonchev–Trinajstić information content (AvgIpc) is 3.15. The minimum atomic E-state index is 0.00494. The Morgan fingerprint density at radius 1 is 1.07 bits per heavy atom. The third-order valence-corrected chi connectivity index (χ3v) is 5.22. The molecule has 1 N–H and O–H groups in total. The van der Waals surface area contributed by atoms with Crippen molar-refractivity contribution in [1.82, 2.24) is 24.6 Å². The lowest BCUT2D eigenvalue weighted by molar-refractivity contribution is 0.0735. The van der Waals surface area contributed by atoms with Gasteiger partial charge < -0.3 is 15.1 Å². The molecule has 8 heteroatoms. The summed E-state index contributed by atoms with van der Waals surface area (Å²) in [4.78, 5) is 26.3. The molecule has 1 aromatic carbocycles. The number of carbonyl (C=O) groups excluding carboxylic acids is 1. The van der Waals surface area contributed by atoms with E-state index in [0.717, 1.165) is 29.3 Å². The van der Waals surface area contributed by atoms with Crippen molar-refractivity contribution in [3.63, 3.8) is 0 Å². The molecule has 0 aliphatic carbocycles. The molecular formula is C22H27N7O. The van der Waals surface area contributed by atoms with Crippen LogP contribution in [0.3, 0.4) is 0 Å². The predicted molar refractivity (Wildman–Crippen MR) is 118 cm³/mol. The molecule has 0 bridgehead atoms. The van der Waals surface area contributed by atoms with Crippen molar-refractivity contribution in [3.05, 3.63) is 53.9 Å². The molecule has 8 nitrogen and oxygen atoms in total. The molecule has 0 spiro atoms. The first-order valence-electron chi connectivity index (χ1n) is 10.3. The van der Waals surface area contributed by atoms with Crippen molar-refractivity contribution in [2.75, 3.05) is 42.9 Å². The molecule has 0 saturated carbocycles. The van der Waals surface area contributed by atoms with Crippen molar-refractivity contribution in [2.24, 2.45) is 7.05 Å². The van der Waals surface area contributed by atoms with Crippen LogP contribution in [0.2, 0.25) is 0 Å². The monoisotopic (exact) mass is 405 g/mol. The molecule has 156 valence electrons. The van der Waals surface area contributed by atoms with Crippen LogP contribution >= 0.6 is 0 Å². The maximum Gasteiger partial charge on any atom is 0.272 e. The highest BCUT2D eigenvalue weighted by Gasteiger charge is 2.26. The number of hydrogen-bond acceptors (Lipinski definition) is 6. The average molecular weight is 406 g/mol. The minimum absolute atomic E-state index is 0.00494. The van der Waals surface area contributed by atoms with Crippen LogP contribution in [0.25, 0.3) is 11.3 Å². The van der Waals surface area contributed by atoms with Gasteiger partial charge in [-0.3, -0.25) is 9.48 Å². The number of aryl methyl sites for hydroxylation is 2. The number of carbonyl (C=O) groups is 1. The van der Waals surface area contributed by atoms with Gasteiger partial charge in [0, 0.05) is 57.1 Å². The van der Waals surface area contributed by atoms with Gasteiger partial charge in [0.1, 0.15) is 11.5 Å². The van der Waals surface area contributed by atoms with E-state index in [1.54, 1.807) is 4.68 Å². The lowest BCUT2D eigenvalue weighted by Gasteiger charge is -2.34. The molecule has 0 radical (unpaired) electrons. The molecule has 0 atom stereocenters. The second-order valence-electron chi connectivity index (χ2n) is 7.41. The van der Waals surface area contributed by atoms with Crippen molar-refractivity contribution in [1.29, 1.82) is 0 Å². The minimum Gasteiger partial charge on any atom is -0.370 e. The quantitative estimate of drug-likeness (QED) is 0.703. The Labute approximate surface area is 176 Å². The van der Waals surface area contributed by atoms with Crippen LogP contribution in [0.5, 0.6) is 0 Å².